The normalized spacial score (nSPS) is 18.1. The van der Waals surface area contributed by atoms with Crippen molar-refractivity contribution in [2.75, 3.05) is 92.1 Å². The van der Waals surface area contributed by atoms with Gasteiger partial charge in [-0.05, 0) is 6.92 Å². The van der Waals surface area contributed by atoms with E-state index in [4.69, 9.17) is 0 Å². The van der Waals surface area contributed by atoms with Crippen LogP contribution in [-0.2, 0) is 24.0 Å². The van der Waals surface area contributed by atoms with Crippen molar-refractivity contribution in [3.05, 3.63) is 0 Å². The second kappa shape index (κ2) is 14.5. The molecular formula is C20H35N5O8. The van der Waals surface area contributed by atoms with Crippen molar-refractivity contribution in [3.63, 3.8) is 0 Å². The van der Waals surface area contributed by atoms with Gasteiger partial charge in [0, 0.05) is 59.4 Å². The number of carbonyl (C=O) groups is 5. The van der Waals surface area contributed by atoms with E-state index < -0.39 is 17.9 Å². The van der Waals surface area contributed by atoms with Crippen LogP contribution in [0.25, 0.3) is 0 Å². The number of carboxylic acids is 3. The summed E-state index contributed by atoms with van der Waals surface area (Å²) >= 11 is 0. The first-order valence-electron chi connectivity index (χ1n) is 10.7. The van der Waals surface area contributed by atoms with Crippen LogP contribution < -0.4 is 0 Å². The van der Waals surface area contributed by atoms with Crippen LogP contribution in [0.15, 0.2) is 0 Å². The van der Waals surface area contributed by atoms with Crippen LogP contribution in [0, 0.1) is 0 Å². The van der Waals surface area contributed by atoms with Crippen molar-refractivity contribution < 1.29 is 39.3 Å². The second-order valence-corrected chi connectivity index (χ2v) is 8.24. The zero-order valence-corrected chi connectivity index (χ0v) is 19.3. The van der Waals surface area contributed by atoms with Gasteiger partial charge in [-0.2, -0.15) is 0 Å². The third kappa shape index (κ3) is 12.9. The summed E-state index contributed by atoms with van der Waals surface area (Å²) in [4.78, 5) is 65.8. The summed E-state index contributed by atoms with van der Waals surface area (Å²) in [5.41, 5.74) is 0. The van der Waals surface area contributed by atoms with Crippen LogP contribution >= 0.6 is 0 Å². The molecule has 33 heavy (non-hydrogen) atoms. The smallest absolute Gasteiger partial charge is 0.317 e. The Bertz CT molecular complexity index is 672. The molecule has 1 fully saturated rings. The van der Waals surface area contributed by atoms with Crippen LogP contribution in [-0.4, -0.2) is 162 Å². The Morgan fingerprint density at radius 1 is 0.606 bits per heavy atom. The number of hydrogen-bond donors (Lipinski definition) is 3. The number of aliphatic carboxylic acids is 3. The number of Topliss-reactive ketones (excluding diaryl/α,β-unsaturated/α-hetero) is 1. The first kappa shape index (κ1) is 28.4. The lowest BCUT2D eigenvalue weighted by atomic mass is 10.3. The molecule has 0 saturated carbocycles. The summed E-state index contributed by atoms with van der Waals surface area (Å²) in [6.07, 6.45) is 0. The van der Waals surface area contributed by atoms with Gasteiger partial charge in [0.1, 0.15) is 5.78 Å². The summed E-state index contributed by atoms with van der Waals surface area (Å²) in [5.74, 6) is -3.45. The zero-order chi connectivity index (χ0) is 25.0. The molecular weight excluding hydrogens is 438 g/mol. The molecule has 0 aromatic heterocycles. The van der Waals surface area contributed by atoms with E-state index in [1.54, 1.807) is 14.7 Å². The van der Waals surface area contributed by atoms with Crippen molar-refractivity contribution in [3.8, 4) is 0 Å². The number of likely N-dealkylation sites (N-methyl/N-ethyl adjacent to an activating group) is 1. The van der Waals surface area contributed by atoms with Gasteiger partial charge in [0.15, 0.2) is 0 Å². The Kier molecular flexibility index (Phi) is 12.5. The number of hydrogen-bond acceptors (Lipinski definition) is 9. The van der Waals surface area contributed by atoms with Gasteiger partial charge < -0.3 is 20.2 Å². The highest BCUT2D eigenvalue weighted by molar-refractivity contribution is 5.85. The molecule has 13 heteroatoms. The summed E-state index contributed by atoms with van der Waals surface area (Å²) in [5, 5.41) is 27.6. The standard InChI is InChI=1S/C20H35N5O8/c1-16(26)11-21(2)17(27)12-22-3-5-23(13-18(28)29)7-9-25(15-20(32)33)10-8-24(6-4-22)14-19(30)31/h3-15H2,1-2H3,(H,28,29)(H,30,31)(H,32,33). The average molecular weight is 474 g/mol. The van der Waals surface area contributed by atoms with Crippen molar-refractivity contribution in [1.29, 1.82) is 0 Å². The molecule has 0 radical (unpaired) electrons. The second-order valence-electron chi connectivity index (χ2n) is 8.24. The number of amides is 1. The summed E-state index contributed by atoms with van der Waals surface area (Å²) in [6.45, 7) is 3.31. The van der Waals surface area contributed by atoms with Gasteiger partial charge in [-0.25, -0.2) is 0 Å². The average Bonchev–Trinajstić information content (AvgIpc) is 2.68. The topological polar surface area (TPSA) is 162 Å². The highest BCUT2D eigenvalue weighted by Crippen LogP contribution is 2.02. The number of rotatable bonds is 10. The number of nitrogens with zero attached hydrogens (tertiary/aromatic N) is 5. The molecule has 1 rings (SSSR count). The maximum Gasteiger partial charge on any atom is 0.317 e. The molecule has 1 saturated heterocycles. The Morgan fingerprint density at radius 2 is 0.879 bits per heavy atom. The van der Waals surface area contributed by atoms with Crippen LogP contribution in [0.5, 0.6) is 0 Å². The maximum absolute atomic E-state index is 12.5. The zero-order valence-electron chi connectivity index (χ0n) is 19.3. The Hall–Kier alpha value is -2.61. The first-order valence-corrected chi connectivity index (χ1v) is 10.7. The SMILES string of the molecule is CC(=O)CN(C)C(=O)CN1CCN(CC(=O)O)CCN(CC(=O)O)CCN(CC(=O)O)CC1. The van der Waals surface area contributed by atoms with E-state index in [9.17, 15) is 39.3 Å². The van der Waals surface area contributed by atoms with Gasteiger partial charge in [0.2, 0.25) is 5.91 Å². The molecule has 1 aliphatic rings. The fraction of sp³-hybridized carbons (Fsp3) is 0.750. The van der Waals surface area contributed by atoms with E-state index in [2.05, 4.69) is 0 Å². The van der Waals surface area contributed by atoms with E-state index in [1.807, 2.05) is 4.90 Å². The summed E-state index contributed by atoms with van der Waals surface area (Å²) in [7, 11) is 1.53. The van der Waals surface area contributed by atoms with E-state index in [0.717, 1.165) is 0 Å². The molecule has 0 spiro atoms. The quantitative estimate of drug-likeness (QED) is 0.306. The van der Waals surface area contributed by atoms with Gasteiger partial charge >= 0.3 is 17.9 Å². The van der Waals surface area contributed by atoms with Gasteiger partial charge in [-0.15, -0.1) is 0 Å². The van der Waals surface area contributed by atoms with Crippen LogP contribution in [0.2, 0.25) is 0 Å². The molecule has 188 valence electrons. The number of carboxylic acid groups (broad SMARTS) is 3. The minimum Gasteiger partial charge on any atom is -0.480 e. The highest BCUT2D eigenvalue weighted by atomic mass is 16.4. The van der Waals surface area contributed by atoms with Crippen molar-refractivity contribution in [1.82, 2.24) is 24.5 Å². The number of carbonyl (C=O) groups excluding carboxylic acids is 2. The molecule has 1 amide bonds. The Labute approximate surface area is 193 Å². The third-order valence-electron chi connectivity index (χ3n) is 5.25. The molecule has 0 aliphatic carbocycles. The van der Waals surface area contributed by atoms with Gasteiger partial charge in [-0.3, -0.25) is 43.6 Å². The highest BCUT2D eigenvalue weighted by Gasteiger charge is 2.22. The Morgan fingerprint density at radius 3 is 1.12 bits per heavy atom. The minimum atomic E-state index is -1.02. The van der Waals surface area contributed by atoms with E-state index in [0.29, 0.717) is 52.4 Å². The maximum atomic E-state index is 12.5. The molecule has 0 unspecified atom stereocenters. The van der Waals surface area contributed by atoms with Gasteiger partial charge in [0.25, 0.3) is 0 Å². The molecule has 0 aromatic carbocycles. The summed E-state index contributed by atoms with van der Waals surface area (Å²) < 4.78 is 0. The Balaban J connectivity index is 2.98. The molecule has 13 nitrogen and oxygen atoms in total. The largest absolute Gasteiger partial charge is 0.480 e. The fourth-order valence-corrected chi connectivity index (χ4v) is 3.52. The monoisotopic (exact) mass is 473 g/mol. The van der Waals surface area contributed by atoms with Crippen LogP contribution in [0.4, 0.5) is 0 Å². The predicted octanol–water partition coefficient (Wildman–Crippen LogP) is -2.49. The lowest BCUT2D eigenvalue weighted by Crippen LogP contribution is -2.50. The van der Waals surface area contributed by atoms with Crippen molar-refractivity contribution in [2.45, 2.75) is 6.92 Å². The van der Waals surface area contributed by atoms with Crippen LogP contribution in [0.3, 0.4) is 0 Å². The molecule has 1 heterocycles. The van der Waals surface area contributed by atoms with Gasteiger partial charge in [0.05, 0.1) is 32.7 Å². The molecule has 1 aliphatic heterocycles. The minimum absolute atomic E-state index is 0.0107. The van der Waals surface area contributed by atoms with Crippen LogP contribution in [0.1, 0.15) is 6.92 Å². The predicted molar refractivity (Wildman–Crippen MR) is 117 cm³/mol. The van der Waals surface area contributed by atoms with Crippen molar-refractivity contribution >= 4 is 29.6 Å². The lowest BCUT2D eigenvalue weighted by molar-refractivity contribution is -0.140. The molecule has 3 N–H and O–H groups in total. The number of ketones is 1. The van der Waals surface area contributed by atoms with E-state index in [1.165, 1.54) is 18.9 Å². The molecule has 0 bridgehead atoms. The van der Waals surface area contributed by atoms with Gasteiger partial charge in [-0.1, -0.05) is 0 Å². The molecule has 0 aromatic rings. The van der Waals surface area contributed by atoms with Crippen molar-refractivity contribution in [2.24, 2.45) is 0 Å². The van der Waals surface area contributed by atoms with E-state index in [-0.39, 0.29) is 44.4 Å². The lowest BCUT2D eigenvalue weighted by Gasteiger charge is -2.33. The van der Waals surface area contributed by atoms with E-state index >= 15 is 0 Å². The third-order valence-corrected chi connectivity index (χ3v) is 5.25. The first-order chi connectivity index (χ1) is 15.5. The molecule has 0 atom stereocenters. The fourth-order valence-electron chi connectivity index (χ4n) is 3.52. The summed E-state index contributed by atoms with van der Waals surface area (Å²) in [6, 6.07) is 0.